The maximum atomic E-state index is 12.2. The number of β-lactam (4-membered cyclic amide) rings is 1. The van der Waals surface area contributed by atoms with Gasteiger partial charge < -0.3 is 19.1 Å². The van der Waals surface area contributed by atoms with Gasteiger partial charge in [0.25, 0.3) is 0 Å². The molecule has 0 unspecified atom stereocenters. The van der Waals surface area contributed by atoms with Crippen LogP contribution in [-0.4, -0.2) is 57.3 Å². The van der Waals surface area contributed by atoms with E-state index in [-0.39, 0.29) is 22.7 Å². The molecule has 22 heavy (non-hydrogen) atoms. The van der Waals surface area contributed by atoms with Gasteiger partial charge in [-0.05, 0) is 20.3 Å². The Hall–Kier alpha value is -0.960. The summed E-state index contributed by atoms with van der Waals surface area (Å²) in [5, 5.41) is -0.0736. The van der Waals surface area contributed by atoms with Crippen molar-refractivity contribution in [3.8, 4) is 0 Å². The van der Waals surface area contributed by atoms with Crippen molar-refractivity contribution in [2.45, 2.75) is 48.2 Å². The van der Waals surface area contributed by atoms with Crippen LogP contribution in [0.15, 0.2) is 0 Å². The van der Waals surface area contributed by atoms with Gasteiger partial charge in [-0.2, -0.15) is 0 Å². The molecule has 0 aromatic rings. The first kappa shape index (κ1) is 17.4. The number of thioether (sulfide) groups is 1. The van der Waals surface area contributed by atoms with Crippen LogP contribution < -0.4 is 0 Å². The minimum absolute atomic E-state index is 0.0736. The molecule has 2 aliphatic rings. The zero-order chi connectivity index (χ0) is 16.5. The minimum Gasteiger partial charge on any atom is -0.434 e. The number of hydrogen-bond acceptors (Lipinski definition) is 7. The van der Waals surface area contributed by atoms with Crippen LogP contribution in [-0.2, 0) is 23.8 Å². The van der Waals surface area contributed by atoms with Crippen molar-refractivity contribution in [3.63, 3.8) is 0 Å². The number of fused-ring (bicyclic) bond motifs is 1. The van der Waals surface area contributed by atoms with E-state index in [9.17, 15) is 14.4 Å². The van der Waals surface area contributed by atoms with Crippen molar-refractivity contribution >= 4 is 45.7 Å². The van der Waals surface area contributed by atoms with Gasteiger partial charge in [0, 0.05) is 4.75 Å². The van der Waals surface area contributed by atoms with Crippen LogP contribution in [0.1, 0.15) is 27.2 Å². The number of amides is 1. The Labute approximate surface area is 141 Å². The lowest BCUT2D eigenvalue weighted by atomic mass is 9.98. The van der Waals surface area contributed by atoms with Gasteiger partial charge >= 0.3 is 12.1 Å². The van der Waals surface area contributed by atoms with Gasteiger partial charge in [-0.1, -0.05) is 22.9 Å². The second-order valence-electron chi connectivity index (χ2n) is 5.49. The van der Waals surface area contributed by atoms with Crippen LogP contribution in [0.2, 0.25) is 0 Å². The van der Waals surface area contributed by atoms with Crippen LogP contribution in [0.3, 0.4) is 0 Å². The van der Waals surface area contributed by atoms with Gasteiger partial charge in [0.1, 0.15) is 16.2 Å². The molecule has 0 bridgehead atoms. The van der Waals surface area contributed by atoms with E-state index in [0.717, 1.165) is 0 Å². The van der Waals surface area contributed by atoms with Gasteiger partial charge in [0.15, 0.2) is 0 Å². The Kier molecular flexibility index (Phi) is 5.26. The summed E-state index contributed by atoms with van der Waals surface area (Å²) in [7, 11) is 0. The van der Waals surface area contributed by atoms with Gasteiger partial charge in [-0.3, -0.25) is 4.79 Å². The summed E-state index contributed by atoms with van der Waals surface area (Å²) >= 11 is 4.85. The molecule has 2 heterocycles. The fourth-order valence-electron chi connectivity index (χ4n) is 2.39. The molecule has 7 nitrogen and oxygen atoms in total. The molecule has 9 heteroatoms. The Morgan fingerprint density at radius 3 is 2.64 bits per heavy atom. The summed E-state index contributed by atoms with van der Waals surface area (Å²) in [5.41, 5.74) is 0. The van der Waals surface area contributed by atoms with Crippen LogP contribution in [0.25, 0.3) is 0 Å². The quantitative estimate of drug-likeness (QED) is 0.304. The molecule has 0 radical (unpaired) electrons. The van der Waals surface area contributed by atoms with Gasteiger partial charge in [-0.25, -0.2) is 9.59 Å². The molecule has 2 fully saturated rings. The van der Waals surface area contributed by atoms with Crippen molar-refractivity contribution in [1.82, 2.24) is 4.90 Å². The molecule has 1 amide bonds. The smallest absolute Gasteiger partial charge is 0.434 e. The summed E-state index contributed by atoms with van der Waals surface area (Å²) in [4.78, 5) is 36.5. The van der Waals surface area contributed by atoms with Crippen LogP contribution >= 0.6 is 27.7 Å². The highest BCUT2D eigenvalue weighted by Crippen LogP contribution is 2.52. The number of alkyl halides is 1. The maximum absolute atomic E-state index is 12.2. The third-order valence-corrected chi connectivity index (χ3v) is 6.22. The summed E-state index contributed by atoms with van der Waals surface area (Å²) in [5.74, 6) is -0.718. The highest BCUT2D eigenvalue weighted by atomic mass is 79.9. The molecule has 0 aromatic carbocycles. The lowest BCUT2D eigenvalue weighted by molar-refractivity contribution is -0.167. The Bertz CT molecular complexity index is 485. The lowest BCUT2D eigenvalue weighted by Crippen LogP contribution is -2.63. The van der Waals surface area contributed by atoms with E-state index in [4.69, 9.17) is 9.47 Å². The molecule has 2 aliphatic heterocycles. The number of carbonyl (C=O) groups is 3. The van der Waals surface area contributed by atoms with E-state index in [1.165, 1.54) is 4.90 Å². The van der Waals surface area contributed by atoms with E-state index >= 15 is 0 Å². The fourth-order valence-corrected chi connectivity index (χ4v) is 4.74. The molecule has 0 N–H and O–H groups in total. The summed E-state index contributed by atoms with van der Waals surface area (Å²) in [6, 6.07) is -0.695. The predicted octanol–water partition coefficient (Wildman–Crippen LogP) is 1.88. The van der Waals surface area contributed by atoms with Crippen molar-refractivity contribution in [2.24, 2.45) is 0 Å². The number of hydrogen-bond donors (Lipinski definition) is 0. The largest absolute Gasteiger partial charge is 0.511 e. The summed E-state index contributed by atoms with van der Waals surface area (Å²) < 4.78 is 13.8. The SMILES string of the molecule is CCCOC(=O)OCOC(=O)[C@@H]1N2C(=O)[C@@H](Br)[C@H]2SC1(C)C. The Morgan fingerprint density at radius 2 is 2.00 bits per heavy atom. The number of ether oxygens (including phenoxy) is 3. The normalized spacial score (nSPS) is 28.6. The predicted molar refractivity (Wildman–Crippen MR) is 82.5 cm³/mol. The number of carbonyl (C=O) groups excluding carboxylic acids is 3. The monoisotopic (exact) mass is 395 g/mol. The Balaban J connectivity index is 1.87. The molecule has 124 valence electrons. The highest BCUT2D eigenvalue weighted by molar-refractivity contribution is 9.10. The molecule has 0 aromatic heterocycles. The van der Waals surface area contributed by atoms with Crippen LogP contribution in [0.5, 0.6) is 0 Å². The first-order valence-electron chi connectivity index (χ1n) is 6.90. The highest BCUT2D eigenvalue weighted by Gasteiger charge is 2.63. The molecular weight excluding hydrogens is 378 g/mol. The van der Waals surface area contributed by atoms with E-state index in [0.29, 0.717) is 6.42 Å². The fraction of sp³-hybridized carbons (Fsp3) is 0.769. The summed E-state index contributed by atoms with van der Waals surface area (Å²) in [6.07, 6.45) is -0.206. The van der Waals surface area contributed by atoms with Gasteiger partial charge in [0.2, 0.25) is 12.7 Å². The van der Waals surface area contributed by atoms with E-state index in [2.05, 4.69) is 20.7 Å². The van der Waals surface area contributed by atoms with Crippen molar-refractivity contribution in [1.29, 1.82) is 0 Å². The van der Waals surface area contributed by atoms with Gasteiger partial charge in [-0.15, -0.1) is 11.8 Å². The molecule has 0 aliphatic carbocycles. The van der Waals surface area contributed by atoms with E-state index < -0.39 is 29.7 Å². The van der Waals surface area contributed by atoms with Crippen molar-refractivity contribution in [2.75, 3.05) is 13.4 Å². The van der Waals surface area contributed by atoms with Crippen LogP contribution in [0, 0.1) is 0 Å². The average molecular weight is 396 g/mol. The first-order chi connectivity index (χ1) is 10.3. The molecular formula is C13H18BrNO6S. The number of nitrogens with zero attached hydrogens (tertiary/aromatic N) is 1. The molecule has 3 atom stereocenters. The zero-order valence-electron chi connectivity index (χ0n) is 12.5. The van der Waals surface area contributed by atoms with E-state index in [1.807, 2.05) is 20.8 Å². The maximum Gasteiger partial charge on any atom is 0.511 e. The number of halogens is 1. The standard InChI is InChI=1S/C13H18BrNO6S/c1-4-5-19-12(18)21-6-20-11(17)8-13(2,3)22-10-7(14)9(16)15(8)10/h7-8,10H,4-6H2,1-3H3/t7-,8+,10-/m1/s1. The Morgan fingerprint density at radius 1 is 1.32 bits per heavy atom. The molecule has 2 rings (SSSR count). The molecule has 2 saturated heterocycles. The average Bonchev–Trinajstić information content (AvgIpc) is 2.73. The van der Waals surface area contributed by atoms with E-state index in [1.54, 1.807) is 11.8 Å². The van der Waals surface area contributed by atoms with Gasteiger partial charge in [0.05, 0.1) is 6.61 Å². The number of esters is 1. The second-order valence-corrected chi connectivity index (χ2v) is 8.24. The third kappa shape index (κ3) is 3.19. The molecule has 0 saturated carbocycles. The number of rotatable bonds is 5. The zero-order valence-corrected chi connectivity index (χ0v) is 14.9. The lowest BCUT2D eigenvalue weighted by Gasteiger charge is -2.41. The third-order valence-electron chi connectivity index (χ3n) is 3.40. The molecule has 0 spiro atoms. The van der Waals surface area contributed by atoms with Crippen LogP contribution in [0.4, 0.5) is 4.79 Å². The van der Waals surface area contributed by atoms with Crippen molar-refractivity contribution in [3.05, 3.63) is 0 Å². The topological polar surface area (TPSA) is 82.1 Å². The van der Waals surface area contributed by atoms with Crippen molar-refractivity contribution < 1.29 is 28.6 Å². The summed E-state index contributed by atoms with van der Waals surface area (Å²) in [6.45, 7) is 5.33. The first-order valence-corrected chi connectivity index (χ1v) is 8.69. The minimum atomic E-state index is -0.881. The second kappa shape index (κ2) is 6.66.